The summed E-state index contributed by atoms with van der Waals surface area (Å²) in [4.78, 5) is 0. The molecule has 1 aromatic carbocycles. The molecule has 0 aromatic heterocycles. The number of hydrogen-bond donors (Lipinski definition) is 0. The van der Waals surface area contributed by atoms with E-state index in [1.807, 2.05) is 0 Å². The van der Waals surface area contributed by atoms with Gasteiger partial charge in [0.25, 0.3) is 0 Å². The van der Waals surface area contributed by atoms with Crippen molar-refractivity contribution >= 4 is 27.5 Å². The summed E-state index contributed by atoms with van der Waals surface area (Å²) in [6, 6.07) is 2.45. The van der Waals surface area contributed by atoms with Crippen LogP contribution in [0.2, 0.25) is 5.02 Å². The van der Waals surface area contributed by atoms with Crippen LogP contribution in [0, 0.1) is 5.82 Å². The number of hydrogen-bond acceptors (Lipinski definition) is 2. The van der Waals surface area contributed by atoms with E-state index in [0.29, 0.717) is 10.2 Å². The lowest BCUT2D eigenvalue weighted by molar-refractivity contribution is 0.0506. The van der Waals surface area contributed by atoms with Crippen LogP contribution in [0.25, 0.3) is 0 Å². The Kier molecular flexibility index (Phi) is 3.96. The fourth-order valence-corrected chi connectivity index (χ4v) is 1.71. The molecule has 0 amide bonds. The van der Waals surface area contributed by atoms with E-state index in [9.17, 15) is 4.39 Å². The smallest absolute Gasteiger partial charge is 0.188 e. The monoisotopic (exact) mass is 268 g/mol. The molecule has 2 nitrogen and oxygen atoms in total. The van der Waals surface area contributed by atoms with Crippen molar-refractivity contribution < 1.29 is 13.9 Å². The fourth-order valence-electron chi connectivity index (χ4n) is 0.785. The van der Waals surface area contributed by atoms with Gasteiger partial charge >= 0.3 is 0 Å². The average Bonchev–Trinajstić information content (AvgIpc) is 2.02. The third-order valence-corrected chi connectivity index (χ3v) is 2.15. The molecule has 5 heteroatoms. The first kappa shape index (κ1) is 10.8. The molecule has 1 aromatic rings. The number of halogens is 3. The lowest BCUT2D eigenvalue weighted by Gasteiger charge is -2.08. The highest BCUT2D eigenvalue weighted by atomic mass is 79.9. The van der Waals surface area contributed by atoms with Crippen molar-refractivity contribution in [2.75, 3.05) is 13.9 Å². The molecule has 0 aliphatic carbocycles. The first-order valence-electron chi connectivity index (χ1n) is 3.41. The van der Waals surface area contributed by atoms with Gasteiger partial charge in [0.05, 0.1) is 9.50 Å². The van der Waals surface area contributed by atoms with Crippen LogP contribution < -0.4 is 4.74 Å². The first-order valence-corrected chi connectivity index (χ1v) is 4.58. The molecule has 0 atom stereocenters. The van der Waals surface area contributed by atoms with Crippen molar-refractivity contribution in [2.24, 2.45) is 0 Å². The summed E-state index contributed by atoms with van der Waals surface area (Å²) >= 11 is 8.84. The highest BCUT2D eigenvalue weighted by Crippen LogP contribution is 2.33. The molecule has 0 radical (unpaired) electrons. The van der Waals surface area contributed by atoms with Gasteiger partial charge in [0.2, 0.25) is 0 Å². The molecule has 0 fully saturated rings. The molecule has 72 valence electrons. The van der Waals surface area contributed by atoms with E-state index < -0.39 is 5.82 Å². The predicted octanol–water partition coefficient (Wildman–Crippen LogP) is 3.22. The maximum absolute atomic E-state index is 12.7. The first-order chi connectivity index (χ1) is 6.15. The Hall–Kier alpha value is -0.320. The van der Waals surface area contributed by atoms with Crippen LogP contribution in [-0.4, -0.2) is 13.9 Å². The normalized spacial score (nSPS) is 10.2. The van der Waals surface area contributed by atoms with E-state index >= 15 is 0 Å². The van der Waals surface area contributed by atoms with Gasteiger partial charge in [-0.1, -0.05) is 11.6 Å². The molecule has 13 heavy (non-hydrogen) atoms. The third kappa shape index (κ3) is 2.83. The lowest BCUT2D eigenvalue weighted by Crippen LogP contribution is -2.00. The lowest BCUT2D eigenvalue weighted by atomic mass is 10.3. The van der Waals surface area contributed by atoms with Gasteiger partial charge in [-0.3, -0.25) is 0 Å². The van der Waals surface area contributed by atoms with Crippen molar-refractivity contribution in [2.45, 2.75) is 0 Å². The number of ether oxygens (including phenoxy) is 2. The summed E-state index contributed by atoms with van der Waals surface area (Å²) in [6.07, 6.45) is 0. The highest BCUT2D eigenvalue weighted by molar-refractivity contribution is 9.10. The van der Waals surface area contributed by atoms with Crippen LogP contribution in [-0.2, 0) is 4.74 Å². The van der Waals surface area contributed by atoms with E-state index in [0.717, 1.165) is 0 Å². The third-order valence-electron chi connectivity index (χ3n) is 1.28. The van der Waals surface area contributed by atoms with Gasteiger partial charge in [0, 0.05) is 7.11 Å². The van der Waals surface area contributed by atoms with Crippen molar-refractivity contribution in [1.29, 1.82) is 0 Å². The molecule has 0 heterocycles. The van der Waals surface area contributed by atoms with Gasteiger partial charge in [0.15, 0.2) is 12.5 Å². The van der Waals surface area contributed by atoms with Gasteiger partial charge in [-0.15, -0.1) is 0 Å². The second-order valence-electron chi connectivity index (χ2n) is 2.25. The Morgan fingerprint density at radius 1 is 1.54 bits per heavy atom. The zero-order valence-electron chi connectivity index (χ0n) is 6.81. The topological polar surface area (TPSA) is 18.5 Å². The highest BCUT2D eigenvalue weighted by Gasteiger charge is 2.08. The van der Waals surface area contributed by atoms with Crippen molar-refractivity contribution in [3.05, 3.63) is 27.4 Å². The van der Waals surface area contributed by atoms with Gasteiger partial charge in [-0.25, -0.2) is 4.39 Å². The number of methoxy groups -OCH3 is 1. The zero-order valence-corrected chi connectivity index (χ0v) is 9.15. The molecule has 0 aliphatic rings. The van der Waals surface area contributed by atoms with E-state index in [2.05, 4.69) is 15.9 Å². The average molecular weight is 269 g/mol. The maximum Gasteiger partial charge on any atom is 0.188 e. The number of rotatable bonds is 3. The molecule has 0 bridgehead atoms. The van der Waals surface area contributed by atoms with Crippen LogP contribution >= 0.6 is 27.5 Å². The van der Waals surface area contributed by atoms with Gasteiger partial charge in [0.1, 0.15) is 5.82 Å². The largest absolute Gasteiger partial charge is 0.465 e. The summed E-state index contributed by atoms with van der Waals surface area (Å²) in [5.74, 6) is -0.0356. The molecule has 0 aliphatic heterocycles. The Balaban J connectivity index is 2.92. The molecule has 0 spiro atoms. The second kappa shape index (κ2) is 4.79. The summed E-state index contributed by atoms with van der Waals surface area (Å²) in [5, 5.41) is 0.212. The summed E-state index contributed by atoms with van der Waals surface area (Å²) in [6.45, 7) is 0.0734. The maximum atomic E-state index is 12.7. The zero-order chi connectivity index (χ0) is 9.84. The quantitative estimate of drug-likeness (QED) is 0.784. The molecule has 1 rings (SSSR count). The second-order valence-corrected chi connectivity index (χ2v) is 3.51. The fraction of sp³-hybridized carbons (Fsp3) is 0.250. The van der Waals surface area contributed by atoms with E-state index in [-0.39, 0.29) is 11.8 Å². The molecule has 0 saturated carbocycles. The minimum atomic E-state index is -0.415. The summed E-state index contributed by atoms with van der Waals surface area (Å²) < 4.78 is 23.0. The predicted molar refractivity (Wildman–Crippen MR) is 51.6 cm³/mol. The Morgan fingerprint density at radius 2 is 2.23 bits per heavy atom. The molecule has 0 unspecified atom stereocenters. The minimum absolute atomic E-state index is 0.0734. The van der Waals surface area contributed by atoms with Gasteiger partial charge in [-0.05, 0) is 28.1 Å². The van der Waals surface area contributed by atoms with Crippen LogP contribution in [0.5, 0.6) is 5.75 Å². The molecule has 0 N–H and O–H groups in total. The Labute approximate surface area is 88.7 Å². The van der Waals surface area contributed by atoms with Crippen LogP contribution in [0.1, 0.15) is 0 Å². The Bertz CT molecular complexity index is 283. The molecular formula is C8H7BrClFO2. The standard InChI is InChI=1S/C8H7BrClFO2/c1-12-4-13-8-6(9)2-5(11)3-7(8)10/h2-3H,4H2,1H3. The van der Waals surface area contributed by atoms with E-state index in [1.54, 1.807) is 0 Å². The minimum Gasteiger partial charge on any atom is -0.465 e. The Morgan fingerprint density at radius 3 is 2.77 bits per heavy atom. The van der Waals surface area contributed by atoms with Crippen molar-refractivity contribution in [1.82, 2.24) is 0 Å². The van der Waals surface area contributed by atoms with E-state index in [4.69, 9.17) is 21.1 Å². The summed E-state index contributed by atoms with van der Waals surface area (Å²) in [5.41, 5.74) is 0. The SMILES string of the molecule is COCOc1c(Cl)cc(F)cc1Br. The summed E-state index contributed by atoms with van der Waals surface area (Å²) in [7, 11) is 1.49. The van der Waals surface area contributed by atoms with Crippen LogP contribution in [0.4, 0.5) is 4.39 Å². The van der Waals surface area contributed by atoms with Crippen LogP contribution in [0.15, 0.2) is 16.6 Å². The van der Waals surface area contributed by atoms with Crippen molar-refractivity contribution in [3.63, 3.8) is 0 Å². The number of benzene rings is 1. The van der Waals surface area contributed by atoms with Crippen LogP contribution in [0.3, 0.4) is 0 Å². The van der Waals surface area contributed by atoms with Gasteiger partial charge in [-0.2, -0.15) is 0 Å². The van der Waals surface area contributed by atoms with Crippen molar-refractivity contribution in [3.8, 4) is 5.75 Å². The van der Waals surface area contributed by atoms with E-state index in [1.165, 1.54) is 19.2 Å². The van der Waals surface area contributed by atoms with Gasteiger partial charge < -0.3 is 9.47 Å². The molecule has 0 saturated heterocycles. The molecular weight excluding hydrogens is 262 g/mol.